The summed E-state index contributed by atoms with van der Waals surface area (Å²) in [7, 11) is 0. The third-order valence-corrected chi connectivity index (χ3v) is 3.27. The molecule has 0 atom stereocenters. The molecule has 2 aromatic heterocycles. The van der Waals surface area contributed by atoms with Gasteiger partial charge in [0.15, 0.2) is 15.4 Å². The molecule has 80 valence electrons. The molecule has 0 aliphatic heterocycles. The van der Waals surface area contributed by atoms with Crippen molar-refractivity contribution in [3.8, 4) is 10.8 Å². The molecule has 2 N–H and O–H groups in total. The predicted octanol–water partition coefficient (Wildman–Crippen LogP) is 2.45. The second kappa shape index (κ2) is 4.87. The highest BCUT2D eigenvalue weighted by Crippen LogP contribution is 2.27. The van der Waals surface area contributed by atoms with Crippen molar-refractivity contribution in [2.75, 3.05) is 6.54 Å². The first-order chi connectivity index (χ1) is 7.29. The highest BCUT2D eigenvalue weighted by molar-refractivity contribution is 9.10. The van der Waals surface area contributed by atoms with Crippen LogP contribution >= 0.6 is 27.3 Å². The largest absolute Gasteiger partial charge is 0.447 e. The maximum atomic E-state index is 5.43. The van der Waals surface area contributed by atoms with Gasteiger partial charge in [0.2, 0.25) is 0 Å². The van der Waals surface area contributed by atoms with Gasteiger partial charge in [-0.1, -0.05) is 11.3 Å². The second-order valence-electron chi connectivity index (χ2n) is 3.00. The van der Waals surface area contributed by atoms with E-state index in [1.807, 2.05) is 12.1 Å². The molecule has 0 unspecified atom stereocenters. The van der Waals surface area contributed by atoms with Crippen LogP contribution in [0.15, 0.2) is 21.2 Å². The summed E-state index contributed by atoms with van der Waals surface area (Å²) in [6, 6.07) is 3.72. The minimum atomic E-state index is 0.682. The molecule has 0 aliphatic carbocycles. The molecule has 0 saturated heterocycles. The Balaban J connectivity index is 2.13. The smallest absolute Gasteiger partial charge is 0.183 e. The van der Waals surface area contributed by atoms with Crippen molar-refractivity contribution >= 4 is 27.3 Å². The Bertz CT molecular complexity index is 440. The number of aromatic nitrogens is 2. The molecular weight excluding hydrogens is 278 g/mol. The zero-order valence-corrected chi connectivity index (χ0v) is 10.3. The molecule has 0 aromatic carbocycles. The monoisotopic (exact) mass is 287 g/mol. The molecular formula is C9H10BrN3OS. The van der Waals surface area contributed by atoms with Crippen LogP contribution in [-0.2, 0) is 6.42 Å². The van der Waals surface area contributed by atoms with Gasteiger partial charge in [0.05, 0.1) is 0 Å². The maximum absolute atomic E-state index is 5.43. The molecule has 0 fully saturated rings. The van der Waals surface area contributed by atoms with Crippen molar-refractivity contribution in [2.45, 2.75) is 12.8 Å². The highest BCUT2D eigenvalue weighted by Gasteiger charge is 2.09. The van der Waals surface area contributed by atoms with Crippen molar-refractivity contribution in [1.82, 2.24) is 10.2 Å². The van der Waals surface area contributed by atoms with Crippen molar-refractivity contribution < 1.29 is 4.42 Å². The fraction of sp³-hybridized carbons (Fsp3) is 0.333. The number of halogens is 1. The number of furan rings is 1. The van der Waals surface area contributed by atoms with Crippen LogP contribution in [0.4, 0.5) is 0 Å². The Morgan fingerprint density at radius 2 is 2.27 bits per heavy atom. The van der Waals surface area contributed by atoms with Crippen molar-refractivity contribution in [1.29, 1.82) is 0 Å². The maximum Gasteiger partial charge on any atom is 0.183 e. The van der Waals surface area contributed by atoms with Crippen LogP contribution in [0, 0.1) is 0 Å². The average molecular weight is 288 g/mol. The van der Waals surface area contributed by atoms with E-state index in [4.69, 9.17) is 10.2 Å². The second-order valence-corrected chi connectivity index (χ2v) is 4.84. The molecule has 15 heavy (non-hydrogen) atoms. The summed E-state index contributed by atoms with van der Waals surface area (Å²) < 4.78 is 6.09. The lowest BCUT2D eigenvalue weighted by Gasteiger charge is -1.89. The van der Waals surface area contributed by atoms with Crippen molar-refractivity contribution in [3.05, 3.63) is 21.8 Å². The molecule has 0 spiro atoms. The van der Waals surface area contributed by atoms with Gasteiger partial charge in [-0.3, -0.25) is 0 Å². The minimum absolute atomic E-state index is 0.682. The van der Waals surface area contributed by atoms with Crippen LogP contribution in [0.3, 0.4) is 0 Å². The number of nitrogens with zero attached hydrogens (tertiary/aromatic N) is 2. The number of aryl methyl sites for hydroxylation is 1. The zero-order valence-electron chi connectivity index (χ0n) is 7.94. The Morgan fingerprint density at radius 1 is 1.40 bits per heavy atom. The first-order valence-corrected chi connectivity index (χ1v) is 6.18. The predicted molar refractivity (Wildman–Crippen MR) is 62.7 cm³/mol. The molecule has 0 radical (unpaired) electrons. The van der Waals surface area contributed by atoms with Gasteiger partial charge in [0.1, 0.15) is 5.01 Å². The van der Waals surface area contributed by atoms with Gasteiger partial charge in [-0.2, -0.15) is 0 Å². The number of hydrogen-bond donors (Lipinski definition) is 1. The first-order valence-electron chi connectivity index (χ1n) is 4.58. The van der Waals surface area contributed by atoms with Crippen LogP contribution in [0.25, 0.3) is 10.8 Å². The summed E-state index contributed by atoms with van der Waals surface area (Å²) in [4.78, 5) is 0. The summed E-state index contributed by atoms with van der Waals surface area (Å²) in [5.74, 6) is 0.748. The SMILES string of the molecule is NCCCc1nnc(-c2ccc(Br)o2)s1. The Morgan fingerprint density at radius 3 is 2.93 bits per heavy atom. The van der Waals surface area contributed by atoms with Crippen molar-refractivity contribution in [3.63, 3.8) is 0 Å². The minimum Gasteiger partial charge on any atom is -0.447 e. The van der Waals surface area contributed by atoms with Gasteiger partial charge in [0, 0.05) is 6.42 Å². The van der Waals surface area contributed by atoms with E-state index in [-0.39, 0.29) is 0 Å². The number of rotatable bonds is 4. The van der Waals surface area contributed by atoms with Crippen LogP contribution in [0.5, 0.6) is 0 Å². The van der Waals surface area contributed by atoms with Gasteiger partial charge in [-0.05, 0) is 41.0 Å². The fourth-order valence-corrected chi connectivity index (χ4v) is 2.29. The van der Waals surface area contributed by atoms with Crippen molar-refractivity contribution in [2.24, 2.45) is 5.73 Å². The van der Waals surface area contributed by atoms with Gasteiger partial charge in [0.25, 0.3) is 0 Å². The van der Waals surface area contributed by atoms with E-state index in [0.29, 0.717) is 11.2 Å². The van der Waals surface area contributed by atoms with E-state index in [1.54, 1.807) is 11.3 Å². The lowest BCUT2D eigenvalue weighted by molar-refractivity contribution is 0.554. The summed E-state index contributed by atoms with van der Waals surface area (Å²) in [6.07, 6.45) is 1.83. The molecule has 2 aromatic rings. The first kappa shape index (κ1) is 10.8. The van der Waals surface area contributed by atoms with Gasteiger partial charge in [-0.15, -0.1) is 10.2 Å². The molecule has 0 saturated carbocycles. The molecule has 0 aliphatic rings. The zero-order chi connectivity index (χ0) is 10.7. The van der Waals surface area contributed by atoms with E-state index < -0.39 is 0 Å². The standard InChI is InChI=1S/C9H10BrN3OS/c10-7-4-3-6(14-7)9-13-12-8(15-9)2-1-5-11/h3-4H,1-2,5,11H2. The third-order valence-electron chi connectivity index (χ3n) is 1.85. The molecule has 4 nitrogen and oxygen atoms in total. The normalized spacial score (nSPS) is 10.8. The van der Waals surface area contributed by atoms with E-state index in [0.717, 1.165) is 28.6 Å². The third kappa shape index (κ3) is 2.64. The molecule has 0 bridgehead atoms. The Labute approximate surface area is 99.6 Å². The Hall–Kier alpha value is -0.720. The van der Waals surface area contributed by atoms with Crippen LogP contribution < -0.4 is 5.73 Å². The summed E-state index contributed by atoms with van der Waals surface area (Å²) in [5.41, 5.74) is 5.43. The molecule has 2 rings (SSSR count). The van der Waals surface area contributed by atoms with Gasteiger partial charge < -0.3 is 10.2 Å². The van der Waals surface area contributed by atoms with Gasteiger partial charge in [-0.25, -0.2) is 0 Å². The highest BCUT2D eigenvalue weighted by atomic mass is 79.9. The van der Waals surface area contributed by atoms with Gasteiger partial charge >= 0.3 is 0 Å². The van der Waals surface area contributed by atoms with E-state index >= 15 is 0 Å². The summed E-state index contributed by atoms with van der Waals surface area (Å²) >= 11 is 4.80. The summed E-state index contributed by atoms with van der Waals surface area (Å²) in [5, 5.41) is 9.96. The van der Waals surface area contributed by atoms with Crippen LogP contribution in [0.2, 0.25) is 0 Å². The molecule has 6 heteroatoms. The molecule has 2 heterocycles. The Kier molecular flexibility index (Phi) is 3.50. The van der Waals surface area contributed by atoms with Crippen LogP contribution in [0.1, 0.15) is 11.4 Å². The number of nitrogens with two attached hydrogens (primary N) is 1. The lowest BCUT2D eigenvalue weighted by Crippen LogP contribution is -1.99. The van der Waals surface area contributed by atoms with E-state index in [1.165, 1.54) is 0 Å². The number of hydrogen-bond acceptors (Lipinski definition) is 5. The van der Waals surface area contributed by atoms with E-state index in [2.05, 4.69) is 26.1 Å². The topological polar surface area (TPSA) is 64.9 Å². The molecule has 0 amide bonds. The fourth-order valence-electron chi connectivity index (χ4n) is 1.14. The van der Waals surface area contributed by atoms with Crippen LogP contribution in [-0.4, -0.2) is 16.7 Å². The quantitative estimate of drug-likeness (QED) is 0.938. The average Bonchev–Trinajstić information content (AvgIpc) is 2.83. The summed E-state index contributed by atoms with van der Waals surface area (Å²) in [6.45, 7) is 0.682. The van der Waals surface area contributed by atoms with E-state index in [9.17, 15) is 0 Å². The lowest BCUT2D eigenvalue weighted by atomic mass is 10.3.